The lowest BCUT2D eigenvalue weighted by Gasteiger charge is -2.31. The molecule has 5 atom stereocenters. The van der Waals surface area contributed by atoms with E-state index in [1.807, 2.05) is 24.3 Å². The number of aromatic nitrogens is 2. The van der Waals surface area contributed by atoms with Gasteiger partial charge in [-0.1, -0.05) is 26.0 Å². The molecule has 3 aliphatic carbocycles. The number of pyridine rings is 2. The Balaban J connectivity index is 1.21. The topological polar surface area (TPSA) is 195 Å². The summed E-state index contributed by atoms with van der Waals surface area (Å²) in [5, 5.41) is 5.35. The van der Waals surface area contributed by atoms with Crippen LogP contribution in [0.25, 0.3) is 22.3 Å². The molecule has 60 heavy (non-hydrogen) atoms. The van der Waals surface area contributed by atoms with Crippen molar-refractivity contribution < 1.29 is 41.8 Å². The molecule has 3 N–H and O–H groups in total. The molecule has 1 saturated heterocycles. The van der Waals surface area contributed by atoms with E-state index in [-0.39, 0.29) is 25.5 Å². The first-order valence-electron chi connectivity index (χ1n) is 21.0. The number of carbonyl (C=O) groups excluding carboxylic acids is 4. The Morgan fingerprint density at radius 2 is 1.70 bits per heavy atom. The van der Waals surface area contributed by atoms with Crippen LogP contribution < -0.4 is 24.8 Å². The number of likely N-dealkylation sites (tertiary alicyclic amines) is 1. The van der Waals surface area contributed by atoms with E-state index in [9.17, 15) is 27.6 Å². The quantitative estimate of drug-likeness (QED) is 0.182. The molecule has 16 heteroatoms. The fourth-order valence-electron chi connectivity index (χ4n) is 8.50. The average molecular weight is 845 g/mol. The number of methoxy groups -OCH3 is 1. The first-order chi connectivity index (χ1) is 28.6. The van der Waals surface area contributed by atoms with Gasteiger partial charge in [0.15, 0.2) is 0 Å². The summed E-state index contributed by atoms with van der Waals surface area (Å²) in [6.45, 7) is 10.2. The molecule has 3 aromatic rings. The Kier molecular flexibility index (Phi) is 12.4. The van der Waals surface area contributed by atoms with Gasteiger partial charge >= 0.3 is 6.09 Å². The van der Waals surface area contributed by atoms with Gasteiger partial charge in [0.05, 0.1) is 35.8 Å². The van der Waals surface area contributed by atoms with Crippen LogP contribution in [-0.4, -0.2) is 95.8 Å². The molecule has 1 aromatic carbocycles. The van der Waals surface area contributed by atoms with Gasteiger partial charge in [-0.25, -0.2) is 18.2 Å². The first kappa shape index (κ1) is 42.9. The highest BCUT2D eigenvalue weighted by molar-refractivity contribution is 7.90. The number of aryl methyl sites for hydroxylation is 2. The SMILES string of the molecule is C=CC1CC1(NC(=O)[C@@H]1C[C@@H](Oc2cc(-c3ccc4c(n3)CCCC4)nc3cc(OC)ccc23)CN1C(=O)[C@@H](NC(=O)OC1CCCC1)C(C)C)C(=O)NS(=O)(=O)C(C)C. The number of hydrogen-bond donors (Lipinski definition) is 3. The van der Waals surface area contributed by atoms with E-state index in [4.69, 9.17) is 24.2 Å². The third-order valence-electron chi connectivity index (χ3n) is 12.2. The molecule has 3 fully saturated rings. The molecule has 3 heterocycles. The van der Waals surface area contributed by atoms with Crippen LogP contribution in [0.3, 0.4) is 0 Å². The average Bonchev–Trinajstić information content (AvgIpc) is 3.47. The Morgan fingerprint density at radius 1 is 0.950 bits per heavy atom. The number of amides is 4. The van der Waals surface area contributed by atoms with Crippen molar-refractivity contribution in [2.24, 2.45) is 11.8 Å². The molecular weight excluding hydrogens is 789 g/mol. The number of alkyl carbamates (subject to hydrolysis) is 1. The van der Waals surface area contributed by atoms with Gasteiger partial charge in [0.2, 0.25) is 21.8 Å². The van der Waals surface area contributed by atoms with E-state index >= 15 is 0 Å². The molecule has 2 aromatic heterocycles. The van der Waals surface area contributed by atoms with Crippen LogP contribution in [-0.2, 0) is 42.0 Å². The van der Waals surface area contributed by atoms with Gasteiger partial charge in [-0.2, -0.15) is 0 Å². The predicted molar refractivity (Wildman–Crippen MR) is 225 cm³/mol. The maximum absolute atomic E-state index is 14.6. The third kappa shape index (κ3) is 8.93. The van der Waals surface area contributed by atoms with Gasteiger partial charge in [0.1, 0.15) is 41.3 Å². The number of ether oxygens (including phenoxy) is 3. The maximum atomic E-state index is 14.6. The van der Waals surface area contributed by atoms with E-state index in [1.54, 1.807) is 27.0 Å². The van der Waals surface area contributed by atoms with Crippen LogP contribution in [0.15, 0.2) is 49.1 Å². The van der Waals surface area contributed by atoms with Crippen molar-refractivity contribution in [3.63, 3.8) is 0 Å². The Labute approximate surface area is 351 Å². The van der Waals surface area contributed by atoms with E-state index in [2.05, 4.69) is 28.0 Å². The van der Waals surface area contributed by atoms with E-state index in [1.165, 1.54) is 30.4 Å². The number of sulfonamides is 1. The standard InChI is InChI=1S/C44H56N6O9S/c1-7-28-23-44(28,42(53)49-60(55,56)26(4)5)48-40(51)37-21-31(24-50(37)41(52)39(25(2)3)47-43(54)59-29-13-9-10-14-29)58-38-22-36(46-35-20-30(57-6)17-18-32(35)38)34-19-16-27-12-8-11-15-33(27)45-34/h7,16-20,22,25-26,28-29,31,37,39H,1,8-15,21,23-24H2,2-6H3,(H,47,54)(H,48,51)(H,49,53)/t28?,31-,37+,39+,44?/m1/s1. The van der Waals surface area contributed by atoms with Crippen molar-refractivity contribution in [1.82, 2.24) is 30.2 Å². The monoisotopic (exact) mass is 844 g/mol. The van der Waals surface area contributed by atoms with Crippen molar-refractivity contribution in [2.45, 2.75) is 127 Å². The second-order valence-electron chi connectivity index (χ2n) is 17.1. The fraction of sp³-hybridized carbons (Fsp3) is 0.545. The maximum Gasteiger partial charge on any atom is 0.408 e. The van der Waals surface area contributed by atoms with Crippen molar-refractivity contribution in [3.05, 3.63) is 60.3 Å². The smallest absolute Gasteiger partial charge is 0.408 e. The Bertz CT molecular complexity index is 2280. The second kappa shape index (κ2) is 17.4. The Hall–Kier alpha value is -5.25. The zero-order valence-electron chi connectivity index (χ0n) is 35.0. The van der Waals surface area contributed by atoms with Crippen LogP contribution in [0.4, 0.5) is 4.79 Å². The molecule has 0 spiro atoms. The van der Waals surface area contributed by atoms with Gasteiger partial charge in [-0.3, -0.25) is 24.1 Å². The number of nitrogens with zero attached hydrogens (tertiary/aromatic N) is 3. The van der Waals surface area contributed by atoms with Gasteiger partial charge in [0, 0.05) is 35.6 Å². The first-order valence-corrected chi connectivity index (χ1v) is 22.6. The summed E-state index contributed by atoms with van der Waals surface area (Å²) in [5.74, 6) is -1.96. The van der Waals surface area contributed by atoms with E-state index < -0.39 is 74.7 Å². The summed E-state index contributed by atoms with van der Waals surface area (Å²) in [6.07, 6.45) is 7.44. The van der Waals surface area contributed by atoms with Crippen LogP contribution >= 0.6 is 0 Å². The van der Waals surface area contributed by atoms with Crippen molar-refractivity contribution >= 4 is 44.7 Å². The summed E-state index contributed by atoms with van der Waals surface area (Å²) in [6, 6.07) is 9.11. The van der Waals surface area contributed by atoms with Crippen molar-refractivity contribution in [1.29, 1.82) is 0 Å². The third-order valence-corrected chi connectivity index (χ3v) is 14.0. The number of carbonyl (C=O) groups is 4. The van der Waals surface area contributed by atoms with Gasteiger partial charge in [-0.15, -0.1) is 6.58 Å². The van der Waals surface area contributed by atoms with E-state index in [0.717, 1.165) is 57.1 Å². The fourth-order valence-corrected chi connectivity index (χ4v) is 9.17. The molecule has 7 rings (SSSR count). The zero-order valence-corrected chi connectivity index (χ0v) is 35.8. The lowest BCUT2D eigenvalue weighted by Crippen LogP contribution is -2.59. The number of fused-ring (bicyclic) bond motifs is 2. The number of benzene rings is 1. The predicted octanol–water partition coefficient (Wildman–Crippen LogP) is 5.14. The lowest BCUT2D eigenvalue weighted by atomic mass is 9.95. The van der Waals surface area contributed by atoms with Gasteiger partial charge < -0.3 is 29.7 Å². The summed E-state index contributed by atoms with van der Waals surface area (Å²) < 4.78 is 45.6. The minimum absolute atomic E-state index is 0.0159. The second-order valence-corrected chi connectivity index (χ2v) is 19.3. The van der Waals surface area contributed by atoms with Crippen LogP contribution in [0, 0.1) is 11.8 Å². The largest absolute Gasteiger partial charge is 0.497 e. The minimum atomic E-state index is -4.03. The molecule has 0 radical (unpaired) electrons. The highest BCUT2D eigenvalue weighted by Crippen LogP contribution is 2.45. The highest BCUT2D eigenvalue weighted by atomic mass is 32.2. The molecular formula is C44H56N6O9S. The molecule has 2 saturated carbocycles. The van der Waals surface area contributed by atoms with E-state index in [0.29, 0.717) is 33.8 Å². The van der Waals surface area contributed by atoms with Crippen LogP contribution in [0.2, 0.25) is 0 Å². The van der Waals surface area contributed by atoms with Crippen LogP contribution in [0.5, 0.6) is 11.5 Å². The number of nitrogens with one attached hydrogen (secondary N) is 3. The van der Waals surface area contributed by atoms with Crippen molar-refractivity contribution in [3.8, 4) is 22.9 Å². The lowest BCUT2D eigenvalue weighted by molar-refractivity contribution is -0.141. The molecule has 4 amide bonds. The molecule has 4 aliphatic rings. The molecule has 15 nitrogen and oxygen atoms in total. The molecule has 2 unspecified atom stereocenters. The van der Waals surface area contributed by atoms with Gasteiger partial charge in [-0.05, 0) is 101 Å². The van der Waals surface area contributed by atoms with Gasteiger partial charge in [0.25, 0.3) is 5.91 Å². The number of hydrogen-bond acceptors (Lipinski definition) is 11. The summed E-state index contributed by atoms with van der Waals surface area (Å²) in [7, 11) is -2.45. The molecule has 322 valence electrons. The van der Waals surface area contributed by atoms with Crippen LogP contribution in [0.1, 0.15) is 90.3 Å². The van der Waals surface area contributed by atoms with Crippen molar-refractivity contribution in [2.75, 3.05) is 13.7 Å². The minimum Gasteiger partial charge on any atom is -0.497 e. The molecule has 0 bridgehead atoms. The summed E-state index contributed by atoms with van der Waals surface area (Å²) in [5.41, 5.74) is 2.56. The normalized spacial score (nSPS) is 23.2. The molecule has 1 aliphatic heterocycles. The highest BCUT2D eigenvalue weighted by Gasteiger charge is 2.61. The summed E-state index contributed by atoms with van der Waals surface area (Å²) in [4.78, 5) is 67.2. The number of rotatable bonds is 14. The zero-order chi connectivity index (χ0) is 42.9. The Morgan fingerprint density at radius 3 is 2.38 bits per heavy atom. The summed E-state index contributed by atoms with van der Waals surface area (Å²) >= 11 is 0.